The molecule has 0 atom stereocenters. The lowest BCUT2D eigenvalue weighted by Gasteiger charge is -2.11. The first-order valence-corrected chi connectivity index (χ1v) is 7.43. The van der Waals surface area contributed by atoms with Crippen LogP contribution in [0, 0.1) is 0 Å². The third-order valence-corrected chi connectivity index (χ3v) is 3.82. The van der Waals surface area contributed by atoms with Gasteiger partial charge in [-0.25, -0.2) is 4.68 Å². The topological polar surface area (TPSA) is 39.8 Å². The Morgan fingerprint density at radius 3 is 2.57 bits per heavy atom. The molecule has 5 heteroatoms. The number of alkyl halides is 1. The van der Waals surface area contributed by atoms with E-state index in [4.69, 9.17) is 11.6 Å². The van der Waals surface area contributed by atoms with E-state index in [2.05, 4.69) is 5.10 Å². The van der Waals surface area contributed by atoms with Crippen LogP contribution in [0.4, 0.5) is 0 Å². The highest BCUT2D eigenvalue weighted by molar-refractivity contribution is 6.17. The lowest BCUT2D eigenvalue weighted by Crippen LogP contribution is -2.24. The average Bonchev–Trinajstić information content (AvgIpc) is 2.93. The molecule has 2 heterocycles. The fraction of sp³-hybridized carbons (Fsp3) is 0.250. The smallest absolute Gasteiger partial charge is 0.274 e. The average molecular weight is 302 g/mol. The molecule has 1 aromatic carbocycles. The van der Waals surface area contributed by atoms with Gasteiger partial charge in [0.05, 0.1) is 11.1 Å². The van der Waals surface area contributed by atoms with Crippen molar-refractivity contribution in [2.75, 3.05) is 5.88 Å². The zero-order chi connectivity index (χ0) is 14.8. The molecule has 0 fully saturated rings. The first kappa shape index (κ1) is 13.9. The van der Waals surface area contributed by atoms with E-state index in [1.807, 2.05) is 54.2 Å². The van der Waals surface area contributed by atoms with Crippen molar-refractivity contribution in [3.8, 4) is 11.4 Å². The second-order valence-corrected chi connectivity index (χ2v) is 5.35. The van der Waals surface area contributed by atoms with Crippen molar-refractivity contribution in [3.63, 3.8) is 0 Å². The van der Waals surface area contributed by atoms with Gasteiger partial charge >= 0.3 is 0 Å². The van der Waals surface area contributed by atoms with Gasteiger partial charge in [0.15, 0.2) is 0 Å². The van der Waals surface area contributed by atoms with Gasteiger partial charge in [-0.2, -0.15) is 5.10 Å². The predicted molar refractivity (Wildman–Crippen MR) is 85.7 cm³/mol. The summed E-state index contributed by atoms with van der Waals surface area (Å²) in [6.45, 7) is 0.532. The van der Waals surface area contributed by atoms with Crippen LogP contribution in [-0.4, -0.2) is 20.2 Å². The normalized spacial score (nSPS) is 11.1. The zero-order valence-corrected chi connectivity index (χ0v) is 12.5. The third kappa shape index (κ3) is 2.47. The highest BCUT2D eigenvalue weighted by Crippen LogP contribution is 2.24. The Morgan fingerprint density at radius 2 is 1.90 bits per heavy atom. The summed E-state index contributed by atoms with van der Waals surface area (Å²) in [4.78, 5) is 12.5. The highest BCUT2D eigenvalue weighted by Gasteiger charge is 2.13. The summed E-state index contributed by atoms with van der Waals surface area (Å²) in [5.74, 6) is 0.514. The van der Waals surface area contributed by atoms with Gasteiger partial charge in [0.25, 0.3) is 5.56 Å². The van der Waals surface area contributed by atoms with E-state index in [1.54, 1.807) is 0 Å². The summed E-state index contributed by atoms with van der Waals surface area (Å²) in [7, 11) is 1.97. The molecule has 0 amide bonds. The molecule has 0 radical (unpaired) electrons. The third-order valence-electron chi connectivity index (χ3n) is 3.56. The van der Waals surface area contributed by atoms with E-state index in [1.165, 1.54) is 4.68 Å². The molecule has 0 aliphatic rings. The fourth-order valence-corrected chi connectivity index (χ4v) is 2.61. The van der Waals surface area contributed by atoms with Gasteiger partial charge in [0.2, 0.25) is 0 Å². The number of hydrogen-bond donors (Lipinski definition) is 0. The van der Waals surface area contributed by atoms with Crippen molar-refractivity contribution in [3.05, 3.63) is 52.9 Å². The summed E-state index contributed by atoms with van der Waals surface area (Å²) in [6, 6.07) is 11.6. The molecule has 108 valence electrons. The summed E-state index contributed by atoms with van der Waals surface area (Å²) >= 11 is 5.74. The fourth-order valence-electron chi connectivity index (χ4n) is 2.49. The standard InChI is InChI=1S/C16H16ClN3O/c1-19-10-4-8-14(19)15-12-6-2-3-7-13(12)16(21)20(18-15)11-5-9-17/h2-4,6-8,10H,5,9,11H2,1H3. The molecule has 0 saturated heterocycles. The number of benzene rings is 1. The number of hydrogen-bond acceptors (Lipinski definition) is 2. The van der Waals surface area contributed by atoms with Crippen molar-refractivity contribution in [1.82, 2.24) is 14.3 Å². The molecule has 0 N–H and O–H groups in total. The Bertz CT molecular complexity index is 835. The predicted octanol–water partition coefficient (Wildman–Crippen LogP) is 3.03. The largest absolute Gasteiger partial charge is 0.349 e. The van der Waals surface area contributed by atoms with Crippen molar-refractivity contribution in [2.24, 2.45) is 7.05 Å². The van der Waals surface area contributed by atoms with E-state index in [0.717, 1.165) is 23.2 Å². The minimum Gasteiger partial charge on any atom is -0.349 e. The molecule has 21 heavy (non-hydrogen) atoms. The number of aromatic nitrogens is 3. The van der Waals surface area contributed by atoms with E-state index < -0.39 is 0 Å². The zero-order valence-electron chi connectivity index (χ0n) is 11.8. The molecule has 0 aliphatic carbocycles. The van der Waals surface area contributed by atoms with Gasteiger partial charge in [-0.1, -0.05) is 18.2 Å². The molecule has 0 saturated carbocycles. The molecule has 3 rings (SSSR count). The van der Waals surface area contributed by atoms with Crippen molar-refractivity contribution in [1.29, 1.82) is 0 Å². The van der Waals surface area contributed by atoms with Crippen LogP contribution in [0.5, 0.6) is 0 Å². The van der Waals surface area contributed by atoms with E-state index >= 15 is 0 Å². The quantitative estimate of drug-likeness (QED) is 0.695. The van der Waals surface area contributed by atoms with Crippen LogP contribution in [0.25, 0.3) is 22.2 Å². The molecule has 4 nitrogen and oxygen atoms in total. The van der Waals surface area contributed by atoms with Crippen LogP contribution in [0.15, 0.2) is 47.4 Å². The van der Waals surface area contributed by atoms with E-state index in [-0.39, 0.29) is 5.56 Å². The summed E-state index contributed by atoms with van der Waals surface area (Å²) in [6.07, 6.45) is 2.69. The molecule has 0 unspecified atom stereocenters. The first-order chi connectivity index (χ1) is 10.2. The van der Waals surface area contributed by atoms with Gasteiger partial charge in [0.1, 0.15) is 5.69 Å². The SMILES string of the molecule is Cn1cccc1-c1nn(CCCCl)c(=O)c2ccccc12. The van der Waals surface area contributed by atoms with Gasteiger partial charge in [-0.05, 0) is 24.6 Å². The lowest BCUT2D eigenvalue weighted by molar-refractivity contribution is 0.577. The van der Waals surface area contributed by atoms with Crippen LogP contribution in [0.2, 0.25) is 0 Å². The lowest BCUT2D eigenvalue weighted by atomic mass is 10.1. The second-order valence-electron chi connectivity index (χ2n) is 4.97. The number of fused-ring (bicyclic) bond motifs is 1. The molecular formula is C16H16ClN3O. The van der Waals surface area contributed by atoms with Crippen LogP contribution < -0.4 is 5.56 Å². The van der Waals surface area contributed by atoms with E-state index in [0.29, 0.717) is 17.8 Å². The summed E-state index contributed by atoms with van der Waals surface area (Å²) in [5.41, 5.74) is 1.76. The Balaban J connectivity index is 2.30. The number of halogens is 1. The van der Waals surface area contributed by atoms with Crippen LogP contribution in [-0.2, 0) is 13.6 Å². The van der Waals surface area contributed by atoms with Gasteiger partial charge < -0.3 is 4.57 Å². The van der Waals surface area contributed by atoms with Crippen LogP contribution >= 0.6 is 11.6 Å². The number of aryl methyl sites for hydroxylation is 2. The Morgan fingerprint density at radius 1 is 1.14 bits per heavy atom. The molecule has 3 aromatic rings. The molecule has 2 aromatic heterocycles. The number of rotatable bonds is 4. The maximum Gasteiger partial charge on any atom is 0.274 e. The molecular weight excluding hydrogens is 286 g/mol. The Labute approximate surface area is 127 Å². The minimum absolute atomic E-state index is 0.0614. The van der Waals surface area contributed by atoms with Crippen molar-refractivity contribution < 1.29 is 0 Å². The number of nitrogens with zero attached hydrogens (tertiary/aromatic N) is 3. The van der Waals surface area contributed by atoms with Crippen molar-refractivity contribution in [2.45, 2.75) is 13.0 Å². The van der Waals surface area contributed by atoms with Crippen LogP contribution in [0.3, 0.4) is 0 Å². The molecule has 0 aliphatic heterocycles. The van der Waals surface area contributed by atoms with Crippen LogP contribution in [0.1, 0.15) is 6.42 Å². The summed E-state index contributed by atoms with van der Waals surface area (Å²) in [5, 5.41) is 6.14. The molecule has 0 bridgehead atoms. The van der Waals surface area contributed by atoms with E-state index in [9.17, 15) is 4.79 Å². The van der Waals surface area contributed by atoms with Gasteiger partial charge in [0, 0.05) is 31.1 Å². The Hall–Kier alpha value is -2.07. The maximum absolute atomic E-state index is 12.5. The monoisotopic (exact) mass is 301 g/mol. The first-order valence-electron chi connectivity index (χ1n) is 6.90. The maximum atomic E-state index is 12.5. The minimum atomic E-state index is -0.0614. The van der Waals surface area contributed by atoms with Gasteiger partial charge in [-0.3, -0.25) is 4.79 Å². The summed E-state index contributed by atoms with van der Waals surface area (Å²) < 4.78 is 3.53. The molecule has 0 spiro atoms. The Kier molecular flexibility index (Phi) is 3.80. The van der Waals surface area contributed by atoms with Crippen molar-refractivity contribution >= 4 is 22.4 Å². The highest BCUT2D eigenvalue weighted by atomic mass is 35.5. The van der Waals surface area contributed by atoms with Gasteiger partial charge in [-0.15, -0.1) is 11.6 Å². The second kappa shape index (κ2) is 5.74.